The van der Waals surface area contributed by atoms with Gasteiger partial charge in [-0.05, 0) is 63.4 Å². The third-order valence-electron chi connectivity index (χ3n) is 5.58. The normalized spacial score (nSPS) is 22.4. The van der Waals surface area contributed by atoms with E-state index in [4.69, 9.17) is 0 Å². The van der Waals surface area contributed by atoms with Crippen molar-refractivity contribution in [2.45, 2.75) is 43.4 Å². The second-order valence-corrected chi connectivity index (χ2v) is 9.60. The van der Waals surface area contributed by atoms with Crippen molar-refractivity contribution in [2.75, 3.05) is 39.8 Å². The first-order chi connectivity index (χ1) is 13.0. The van der Waals surface area contributed by atoms with Crippen molar-refractivity contribution in [3.63, 3.8) is 0 Å². The highest BCUT2D eigenvalue weighted by atomic mass is 32.2. The van der Waals surface area contributed by atoms with E-state index in [-0.39, 0.29) is 10.8 Å². The van der Waals surface area contributed by atoms with Crippen molar-refractivity contribution >= 4 is 15.9 Å². The first-order valence-electron chi connectivity index (χ1n) is 10.1. The van der Waals surface area contributed by atoms with Crippen molar-refractivity contribution in [3.8, 4) is 0 Å². The zero-order chi connectivity index (χ0) is 19.3. The standard InChI is InChI=1S/C20H31N3O3S/c1-21-15-17-8-7-11-22(16-17)20(24)18-9-6-10-19(14-18)27(25,26)23-12-4-2-3-5-13-23/h6,9-10,14,17,21H,2-5,7-8,11-13,15-16H2,1H3. The lowest BCUT2D eigenvalue weighted by molar-refractivity contribution is 0.0674. The minimum absolute atomic E-state index is 0.0660. The van der Waals surface area contributed by atoms with Crippen LogP contribution in [0, 0.1) is 5.92 Å². The van der Waals surface area contributed by atoms with E-state index >= 15 is 0 Å². The average molecular weight is 394 g/mol. The van der Waals surface area contributed by atoms with E-state index in [9.17, 15) is 13.2 Å². The van der Waals surface area contributed by atoms with Gasteiger partial charge in [0.05, 0.1) is 4.90 Å². The van der Waals surface area contributed by atoms with Gasteiger partial charge in [0.2, 0.25) is 10.0 Å². The van der Waals surface area contributed by atoms with E-state index in [1.165, 1.54) is 0 Å². The Kier molecular flexibility index (Phi) is 6.89. The number of benzene rings is 1. The van der Waals surface area contributed by atoms with E-state index in [1.807, 2.05) is 11.9 Å². The lowest BCUT2D eigenvalue weighted by Gasteiger charge is -2.33. The number of carbonyl (C=O) groups excluding carboxylic acids is 1. The monoisotopic (exact) mass is 393 g/mol. The molecule has 1 unspecified atom stereocenters. The third kappa shape index (κ3) is 4.89. The highest BCUT2D eigenvalue weighted by Crippen LogP contribution is 2.23. The fraction of sp³-hybridized carbons (Fsp3) is 0.650. The lowest BCUT2D eigenvalue weighted by atomic mass is 9.97. The van der Waals surface area contributed by atoms with E-state index in [2.05, 4.69) is 5.32 Å². The summed E-state index contributed by atoms with van der Waals surface area (Å²) in [4.78, 5) is 15.1. The van der Waals surface area contributed by atoms with Gasteiger partial charge >= 0.3 is 0 Å². The Morgan fingerprint density at radius 3 is 2.56 bits per heavy atom. The summed E-state index contributed by atoms with van der Waals surface area (Å²) < 4.78 is 27.6. The van der Waals surface area contributed by atoms with Crippen molar-refractivity contribution in [1.29, 1.82) is 0 Å². The highest BCUT2D eigenvalue weighted by molar-refractivity contribution is 7.89. The van der Waals surface area contributed by atoms with Gasteiger partial charge in [-0.15, -0.1) is 0 Å². The van der Waals surface area contributed by atoms with Gasteiger partial charge in [-0.25, -0.2) is 8.42 Å². The molecule has 2 fully saturated rings. The molecule has 2 aliphatic heterocycles. The number of likely N-dealkylation sites (tertiary alicyclic amines) is 1. The van der Waals surface area contributed by atoms with Gasteiger partial charge in [-0.3, -0.25) is 4.79 Å². The van der Waals surface area contributed by atoms with Crippen molar-refractivity contribution in [2.24, 2.45) is 5.92 Å². The number of nitrogens with zero attached hydrogens (tertiary/aromatic N) is 2. The summed E-state index contributed by atoms with van der Waals surface area (Å²) in [6.07, 6.45) is 6.06. The minimum Gasteiger partial charge on any atom is -0.338 e. The molecule has 1 aromatic rings. The van der Waals surface area contributed by atoms with Crippen molar-refractivity contribution in [1.82, 2.24) is 14.5 Å². The summed E-state index contributed by atoms with van der Waals surface area (Å²) in [5, 5.41) is 3.18. The molecule has 1 aromatic carbocycles. The maximum atomic E-state index is 13.0. The van der Waals surface area contributed by atoms with Crippen LogP contribution in [-0.4, -0.2) is 63.3 Å². The summed E-state index contributed by atoms with van der Waals surface area (Å²) in [5.74, 6) is 0.389. The molecular weight excluding hydrogens is 362 g/mol. The minimum atomic E-state index is -3.54. The van der Waals surface area contributed by atoms with E-state index < -0.39 is 10.0 Å². The number of hydrogen-bond donors (Lipinski definition) is 1. The second kappa shape index (κ2) is 9.17. The number of rotatable bonds is 5. The van der Waals surface area contributed by atoms with Gasteiger partial charge in [0.15, 0.2) is 0 Å². The molecule has 0 aromatic heterocycles. The van der Waals surface area contributed by atoms with E-state index in [1.54, 1.807) is 28.6 Å². The Labute approximate surface area is 163 Å². The molecule has 0 aliphatic carbocycles. The molecule has 6 nitrogen and oxygen atoms in total. The van der Waals surface area contributed by atoms with Crippen LogP contribution in [-0.2, 0) is 10.0 Å². The number of carbonyl (C=O) groups is 1. The van der Waals surface area contributed by atoms with Gasteiger partial charge in [0.25, 0.3) is 5.91 Å². The van der Waals surface area contributed by atoms with Gasteiger partial charge in [0, 0.05) is 31.7 Å². The maximum absolute atomic E-state index is 13.0. The van der Waals surface area contributed by atoms with Crippen LogP contribution in [0.4, 0.5) is 0 Å². The SMILES string of the molecule is CNCC1CCCN(C(=O)c2cccc(S(=O)(=O)N3CCCCCC3)c2)C1. The van der Waals surface area contributed by atoms with Gasteiger partial charge in [0.1, 0.15) is 0 Å². The predicted molar refractivity (Wildman–Crippen MR) is 106 cm³/mol. The molecule has 1 amide bonds. The Morgan fingerprint density at radius 1 is 1.11 bits per heavy atom. The second-order valence-electron chi connectivity index (χ2n) is 7.66. The molecule has 1 atom stereocenters. The predicted octanol–water partition coefficient (Wildman–Crippen LogP) is 2.32. The van der Waals surface area contributed by atoms with Crippen LogP contribution in [0.25, 0.3) is 0 Å². The lowest BCUT2D eigenvalue weighted by Crippen LogP contribution is -2.42. The Bertz CT molecular complexity index is 741. The zero-order valence-electron chi connectivity index (χ0n) is 16.2. The fourth-order valence-corrected chi connectivity index (χ4v) is 5.67. The molecule has 0 bridgehead atoms. The maximum Gasteiger partial charge on any atom is 0.253 e. The molecular formula is C20H31N3O3S. The summed E-state index contributed by atoms with van der Waals surface area (Å²) >= 11 is 0. The number of amides is 1. The number of sulfonamides is 1. The fourth-order valence-electron chi connectivity index (χ4n) is 4.11. The van der Waals surface area contributed by atoms with Crippen LogP contribution in [0.2, 0.25) is 0 Å². The van der Waals surface area contributed by atoms with Crippen LogP contribution >= 0.6 is 0 Å². The molecule has 3 rings (SSSR count). The van der Waals surface area contributed by atoms with E-state index in [0.717, 1.165) is 58.2 Å². The molecule has 2 heterocycles. The van der Waals surface area contributed by atoms with E-state index in [0.29, 0.717) is 24.6 Å². The molecule has 2 aliphatic rings. The molecule has 0 saturated carbocycles. The van der Waals surface area contributed by atoms with Crippen molar-refractivity contribution < 1.29 is 13.2 Å². The number of nitrogens with one attached hydrogen (secondary N) is 1. The summed E-state index contributed by atoms with van der Waals surface area (Å²) in [5.41, 5.74) is 0.469. The van der Waals surface area contributed by atoms with Gasteiger partial charge in [-0.1, -0.05) is 18.9 Å². The Hall–Kier alpha value is -1.44. The summed E-state index contributed by atoms with van der Waals surface area (Å²) in [6.45, 7) is 3.49. The first kappa shape index (κ1) is 20.3. The molecule has 1 N–H and O–H groups in total. The molecule has 2 saturated heterocycles. The molecule has 150 valence electrons. The Morgan fingerprint density at radius 2 is 1.85 bits per heavy atom. The molecule has 7 heteroatoms. The number of piperidine rings is 1. The zero-order valence-corrected chi connectivity index (χ0v) is 17.0. The van der Waals surface area contributed by atoms with Crippen LogP contribution in [0.3, 0.4) is 0 Å². The smallest absolute Gasteiger partial charge is 0.253 e. The van der Waals surface area contributed by atoms with Crippen molar-refractivity contribution in [3.05, 3.63) is 29.8 Å². The van der Waals surface area contributed by atoms with Crippen LogP contribution < -0.4 is 5.32 Å². The largest absolute Gasteiger partial charge is 0.338 e. The summed E-state index contributed by atoms with van der Waals surface area (Å²) in [6, 6.07) is 6.58. The number of hydrogen-bond acceptors (Lipinski definition) is 4. The highest BCUT2D eigenvalue weighted by Gasteiger charge is 2.28. The topological polar surface area (TPSA) is 69.7 Å². The first-order valence-corrected chi connectivity index (χ1v) is 11.5. The quantitative estimate of drug-likeness (QED) is 0.834. The molecule has 27 heavy (non-hydrogen) atoms. The average Bonchev–Trinajstić information content (AvgIpc) is 2.98. The Balaban J connectivity index is 1.77. The molecule has 0 spiro atoms. The van der Waals surface area contributed by atoms with Gasteiger partial charge < -0.3 is 10.2 Å². The van der Waals surface area contributed by atoms with Gasteiger partial charge in [-0.2, -0.15) is 4.31 Å². The summed E-state index contributed by atoms with van der Waals surface area (Å²) in [7, 11) is -1.61. The van der Waals surface area contributed by atoms with Crippen LogP contribution in [0.1, 0.15) is 48.9 Å². The third-order valence-corrected chi connectivity index (χ3v) is 7.48. The molecule has 0 radical (unpaired) electrons. The van der Waals surface area contributed by atoms with Crippen LogP contribution in [0.15, 0.2) is 29.2 Å². The van der Waals surface area contributed by atoms with Crippen LogP contribution in [0.5, 0.6) is 0 Å².